The molecule has 0 bridgehead atoms. The van der Waals surface area contributed by atoms with Crippen LogP contribution in [0.2, 0.25) is 0 Å². The molecular formula is C13H8IN3O2. The summed E-state index contributed by atoms with van der Waals surface area (Å²) < 4.78 is 1.00. The molecule has 94 valence electrons. The van der Waals surface area contributed by atoms with Crippen LogP contribution in [0.4, 0.5) is 0 Å². The van der Waals surface area contributed by atoms with Crippen molar-refractivity contribution in [3.8, 4) is 11.3 Å². The van der Waals surface area contributed by atoms with Crippen molar-refractivity contribution in [3.63, 3.8) is 0 Å². The molecule has 0 aliphatic carbocycles. The van der Waals surface area contributed by atoms with Crippen LogP contribution in [0.5, 0.6) is 0 Å². The van der Waals surface area contributed by atoms with E-state index in [-0.39, 0.29) is 5.69 Å². The SMILES string of the molecule is O=C(O)c1cccc(-c2cnc3[nH]c(I)cc3c2)n1. The van der Waals surface area contributed by atoms with Crippen molar-refractivity contribution < 1.29 is 9.90 Å². The average Bonchev–Trinajstić information content (AvgIpc) is 2.77. The van der Waals surface area contributed by atoms with Gasteiger partial charge in [-0.15, -0.1) is 0 Å². The molecule has 0 atom stereocenters. The third-order valence-corrected chi connectivity index (χ3v) is 3.28. The van der Waals surface area contributed by atoms with Gasteiger partial charge in [0.2, 0.25) is 0 Å². The number of fused-ring (bicyclic) bond motifs is 1. The molecule has 2 N–H and O–H groups in total. The van der Waals surface area contributed by atoms with E-state index in [4.69, 9.17) is 5.11 Å². The third kappa shape index (κ3) is 2.30. The molecule has 0 radical (unpaired) electrons. The minimum Gasteiger partial charge on any atom is -0.477 e. The number of carboxylic acid groups (broad SMARTS) is 1. The molecule has 0 spiro atoms. The Labute approximate surface area is 121 Å². The van der Waals surface area contributed by atoms with Gasteiger partial charge >= 0.3 is 5.97 Å². The Morgan fingerprint density at radius 1 is 1.32 bits per heavy atom. The number of nitrogens with zero attached hydrogens (tertiary/aromatic N) is 2. The zero-order valence-electron chi connectivity index (χ0n) is 9.59. The third-order valence-electron chi connectivity index (χ3n) is 2.70. The van der Waals surface area contributed by atoms with Gasteiger partial charge in [-0.25, -0.2) is 14.8 Å². The molecule has 6 heteroatoms. The number of rotatable bonds is 2. The zero-order valence-corrected chi connectivity index (χ0v) is 11.7. The number of aromatic carboxylic acids is 1. The summed E-state index contributed by atoms with van der Waals surface area (Å²) in [4.78, 5) is 22.5. The lowest BCUT2D eigenvalue weighted by Crippen LogP contribution is -2.00. The predicted molar refractivity (Wildman–Crippen MR) is 79.0 cm³/mol. The number of pyridine rings is 2. The first-order valence-corrected chi connectivity index (χ1v) is 6.56. The Kier molecular flexibility index (Phi) is 2.94. The van der Waals surface area contributed by atoms with E-state index in [0.29, 0.717) is 5.69 Å². The summed E-state index contributed by atoms with van der Waals surface area (Å²) in [5.74, 6) is -1.04. The highest BCUT2D eigenvalue weighted by Gasteiger charge is 2.08. The van der Waals surface area contributed by atoms with Gasteiger partial charge in [-0.3, -0.25) is 0 Å². The lowest BCUT2D eigenvalue weighted by molar-refractivity contribution is 0.0690. The summed E-state index contributed by atoms with van der Waals surface area (Å²) in [5, 5.41) is 9.92. The van der Waals surface area contributed by atoms with Crippen LogP contribution in [0, 0.1) is 3.70 Å². The normalized spacial score (nSPS) is 10.8. The highest BCUT2D eigenvalue weighted by Crippen LogP contribution is 2.22. The zero-order chi connectivity index (χ0) is 13.4. The van der Waals surface area contributed by atoms with E-state index < -0.39 is 5.97 Å². The van der Waals surface area contributed by atoms with E-state index in [0.717, 1.165) is 20.3 Å². The molecule has 0 aliphatic heterocycles. The van der Waals surface area contributed by atoms with Gasteiger partial charge in [0, 0.05) is 17.1 Å². The molecule has 0 saturated heterocycles. The number of nitrogens with one attached hydrogen (secondary N) is 1. The topological polar surface area (TPSA) is 78.9 Å². The number of hydrogen-bond donors (Lipinski definition) is 2. The van der Waals surface area contributed by atoms with Gasteiger partial charge in [-0.1, -0.05) is 6.07 Å². The summed E-state index contributed by atoms with van der Waals surface area (Å²) in [6.45, 7) is 0. The van der Waals surface area contributed by atoms with Crippen LogP contribution >= 0.6 is 22.6 Å². The molecule has 0 aromatic carbocycles. The molecule has 5 nitrogen and oxygen atoms in total. The lowest BCUT2D eigenvalue weighted by atomic mass is 10.1. The number of aromatic amines is 1. The molecule has 0 unspecified atom stereocenters. The maximum atomic E-state index is 10.9. The molecular weight excluding hydrogens is 357 g/mol. The van der Waals surface area contributed by atoms with E-state index >= 15 is 0 Å². The largest absolute Gasteiger partial charge is 0.477 e. The molecule has 3 aromatic heterocycles. The summed E-state index contributed by atoms with van der Waals surface area (Å²) >= 11 is 2.18. The average molecular weight is 365 g/mol. The van der Waals surface area contributed by atoms with Gasteiger partial charge in [0.1, 0.15) is 11.3 Å². The first-order valence-electron chi connectivity index (χ1n) is 5.48. The van der Waals surface area contributed by atoms with Crippen LogP contribution in [0.25, 0.3) is 22.3 Å². The van der Waals surface area contributed by atoms with Crippen LogP contribution in [-0.2, 0) is 0 Å². The van der Waals surface area contributed by atoms with Crippen molar-refractivity contribution in [3.05, 3.63) is 45.9 Å². The van der Waals surface area contributed by atoms with Gasteiger partial charge in [0.25, 0.3) is 0 Å². The molecule has 19 heavy (non-hydrogen) atoms. The summed E-state index contributed by atoms with van der Waals surface area (Å²) in [7, 11) is 0. The van der Waals surface area contributed by atoms with Crippen LogP contribution < -0.4 is 0 Å². The van der Waals surface area contributed by atoms with E-state index in [9.17, 15) is 4.79 Å². The standard InChI is InChI=1S/C13H8IN3O2/c14-11-5-7-4-8(6-15-12(7)17-11)9-2-1-3-10(16-9)13(18)19/h1-6H,(H,15,17)(H,18,19). The summed E-state index contributed by atoms with van der Waals surface area (Å²) in [6, 6.07) is 8.84. The van der Waals surface area contributed by atoms with Crippen molar-refractivity contribution >= 4 is 39.6 Å². The van der Waals surface area contributed by atoms with Gasteiger partial charge in [0.05, 0.1) is 9.39 Å². The van der Waals surface area contributed by atoms with Crippen molar-refractivity contribution in [2.75, 3.05) is 0 Å². The molecule has 3 rings (SSSR count). The van der Waals surface area contributed by atoms with Crippen LogP contribution in [0.1, 0.15) is 10.5 Å². The Morgan fingerprint density at radius 2 is 2.16 bits per heavy atom. The van der Waals surface area contributed by atoms with Gasteiger partial charge < -0.3 is 10.1 Å². The molecule has 0 fully saturated rings. The monoisotopic (exact) mass is 365 g/mol. The first-order chi connectivity index (χ1) is 9.13. The van der Waals surface area contributed by atoms with E-state index in [1.165, 1.54) is 6.07 Å². The molecule has 3 aromatic rings. The number of aromatic nitrogens is 3. The number of halogens is 1. The maximum Gasteiger partial charge on any atom is 0.354 e. The minimum absolute atomic E-state index is 0.0289. The highest BCUT2D eigenvalue weighted by molar-refractivity contribution is 14.1. The first kappa shape index (κ1) is 12.1. The quantitative estimate of drug-likeness (QED) is 0.685. The second kappa shape index (κ2) is 4.61. The van der Waals surface area contributed by atoms with Crippen molar-refractivity contribution in [1.29, 1.82) is 0 Å². The Hall–Kier alpha value is -1.96. The van der Waals surface area contributed by atoms with Gasteiger partial charge in [-0.2, -0.15) is 0 Å². The maximum absolute atomic E-state index is 10.9. The van der Waals surface area contributed by atoms with Gasteiger partial charge in [-0.05, 0) is 46.9 Å². The fourth-order valence-electron chi connectivity index (χ4n) is 1.84. The van der Waals surface area contributed by atoms with Crippen molar-refractivity contribution in [2.45, 2.75) is 0 Å². The number of H-pyrrole nitrogens is 1. The summed E-state index contributed by atoms with van der Waals surface area (Å²) in [6.07, 6.45) is 1.68. The Bertz CT molecular complexity index is 782. The molecule has 0 aliphatic rings. The van der Waals surface area contributed by atoms with E-state index in [1.54, 1.807) is 18.3 Å². The smallest absolute Gasteiger partial charge is 0.354 e. The Morgan fingerprint density at radius 3 is 2.95 bits per heavy atom. The van der Waals surface area contributed by atoms with E-state index in [2.05, 4.69) is 37.5 Å². The second-order valence-corrected chi connectivity index (χ2v) is 5.15. The number of carboxylic acids is 1. The fraction of sp³-hybridized carbons (Fsp3) is 0. The minimum atomic E-state index is -1.04. The predicted octanol–water partition coefficient (Wildman–Crippen LogP) is 2.93. The van der Waals surface area contributed by atoms with Crippen LogP contribution in [0.15, 0.2) is 36.5 Å². The van der Waals surface area contributed by atoms with Gasteiger partial charge in [0.15, 0.2) is 0 Å². The van der Waals surface area contributed by atoms with Crippen LogP contribution in [-0.4, -0.2) is 26.0 Å². The second-order valence-electron chi connectivity index (χ2n) is 3.99. The highest BCUT2D eigenvalue weighted by atomic mass is 127. The van der Waals surface area contributed by atoms with E-state index in [1.807, 2.05) is 12.1 Å². The number of carbonyl (C=O) groups is 1. The lowest BCUT2D eigenvalue weighted by Gasteiger charge is -2.01. The van der Waals surface area contributed by atoms with Crippen molar-refractivity contribution in [2.24, 2.45) is 0 Å². The van der Waals surface area contributed by atoms with Crippen molar-refractivity contribution in [1.82, 2.24) is 15.0 Å². The Balaban J connectivity index is 2.12. The summed E-state index contributed by atoms with van der Waals surface area (Å²) in [5.41, 5.74) is 2.24. The number of hydrogen-bond acceptors (Lipinski definition) is 3. The molecule has 0 saturated carbocycles. The molecule has 3 heterocycles. The fourth-order valence-corrected chi connectivity index (χ4v) is 2.43. The van der Waals surface area contributed by atoms with Crippen LogP contribution in [0.3, 0.4) is 0 Å². The molecule has 0 amide bonds.